The smallest absolute Gasteiger partial charge is 0.242 e. The Morgan fingerprint density at radius 3 is 2.30 bits per heavy atom. The van der Waals surface area contributed by atoms with Crippen molar-refractivity contribution in [3.63, 3.8) is 0 Å². The summed E-state index contributed by atoms with van der Waals surface area (Å²) in [6.45, 7) is 3.77. The Bertz CT molecular complexity index is 1060. The quantitative estimate of drug-likeness (QED) is 0.383. The maximum absolute atomic E-state index is 13.0. The van der Waals surface area contributed by atoms with E-state index >= 15 is 0 Å². The maximum Gasteiger partial charge on any atom is 0.242 e. The highest BCUT2D eigenvalue weighted by Gasteiger charge is 2.26. The van der Waals surface area contributed by atoms with Crippen molar-refractivity contribution in [3.8, 4) is 0 Å². The number of piperidine rings is 1. The Balaban J connectivity index is 1.32. The molecule has 1 saturated heterocycles. The van der Waals surface area contributed by atoms with E-state index in [1.54, 1.807) is 42.6 Å². The number of likely N-dealkylation sites (tertiary alicyclic amines) is 1. The third-order valence-corrected chi connectivity index (χ3v) is 9.35. The van der Waals surface area contributed by atoms with Crippen LogP contribution in [0.25, 0.3) is 0 Å². The highest BCUT2D eigenvalue weighted by Crippen LogP contribution is 2.28. The van der Waals surface area contributed by atoms with Gasteiger partial charge in [-0.25, -0.2) is 12.7 Å². The first-order valence-electron chi connectivity index (χ1n) is 11.8. The van der Waals surface area contributed by atoms with E-state index in [2.05, 4.69) is 52.1 Å². The average molecular weight is 483 g/mol. The minimum Gasteiger partial charge on any atom is -0.303 e. The molecule has 0 N–H and O–H groups in total. The van der Waals surface area contributed by atoms with Crippen LogP contribution in [0.2, 0.25) is 0 Å². The van der Waals surface area contributed by atoms with Crippen LogP contribution in [0.4, 0.5) is 0 Å². The molecule has 4 rings (SSSR count). The highest BCUT2D eigenvalue weighted by atomic mass is 32.2. The van der Waals surface area contributed by atoms with Crippen LogP contribution in [-0.2, 0) is 16.4 Å². The molecule has 33 heavy (non-hydrogen) atoms. The zero-order valence-electron chi connectivity index (χ0n) is 19.3. The SMILES string of the molecule is CN(C[C@H](CCN1CCC(Cc2ccccc2)CC1)c1ccsc1)S(=O)(=O)c1ccccc1. The van der Waals surface area contributed by atoms with E-state index < -0.39 is 10.0 Å². The van der Waals surface area contributed by atoms with Crippen molar-refractivity contribution in [1.29, 1.82) is 0 Å². The first-order chi connectivity index (χ1) is 16.0. The Labute approximate surface area is 202 Å². The molecule has 0 saturated carbocycles. The van der Waals surface area contributed by atoms with Crippen LogP contribution >= 0.6 is 11.3 Å². The molecular formula is C27H34N2O2S2. The van der Waals surface area contributed by atoms with E-state index in [0.29, 0.717) is 11.4 Å². The molecule has 1 fully saturated rings. The Kier molecular flexibility index (Phi) is 8.36. The van der Waals surface area contributed by atoms with Crippen molar-refractivity contribution in [1.82, 2.24) is 9.21 Å². The predicted octanol–water partition coefficient (Wildman–Crippen LogP) is 5.50. The molecule has 3 aromatic rings. The van der Waals surface area contributed by atoms with Crippen LogP contribution in [-0.4, -0.2) is 50.8 Å². The van der Waals surface area contributed by atoms with Gasteiger partial charge in [0.2, 0.25) is 10.0 Å². The molecule has 1 aliphatic heterocycles. The van der Waals surface area contributed by atoms with Crippen molar-refractivity contribution in [3.05, 3.63) is 88.6 Å². The third kappa shape index (κ3) is 6.54. The Hall–Kier alpha value is -1.99. The van der Waals surface area contributed by atoms with Gasteiger partial charge in [0.25, 0.3) is 0 Å². The Morgan fingerprint density at radius 1 is 1.00 bits per heavy atom. The number of thiophene rings is 1. The van der Waals surface area contributed by atoms with E-state index in [4.69, 9.17) is 0 Å². The number of rotatable bonds is 10. The minimum absolute atomic E-state index is 0.196. The van der Waals surface area contributed by atoms with Crippen LogP contribution in [0.15, 0.2) is 82.4 Å². The molecule has 0 radical (unpaired) electrons. The van der Waals surface area contributed by atoms with Crippen molar-refractivity contribution in [2.75, 3.05) is 33.2 Å². The molecule has 0 amide bonds. The molecule has 0 spiro atoms. The molecule has 0 aliphatic carbocycles. The summed E-state index contributed by atoms with van der Waals surface area (Å²) in [6.07, 6.45) is 4.61. The van der Waals surface area contributed by atoms with Gasteiger partial charge in [-0.2, -0.15) is 11.3 Å². The molecule has 0 bridgehead atoms. The van der Waals surface area contributed by atoms with Crippen molar-refractivity contribution in [2.24, 2.45) is 5.92 Å². The van der Waals surface area contributed by atoms with Crippen molar-refractivity contribution >= 4 is 21.4 Å². The fourth-order valence-corrected chi connectivity index (χ4v) is 6.73. The van der Waals surface area contributed by atoms with Gasteiger partial charge in [0.1, 0.15) is 0 Å². The molecule has 1 aromatic heterocycles. The standard InChI is InChI=1S/C27H34N2O2S2/c1-28(33(30,31)27-10-6-3-7-11-27)21-25(26-15-19-32-22-26)14-18-29-16-12-24(13-17-29)20-23-8-4-2-5-9-23/h2-11,15,19,22,24-25H,12-14,16-18,20-21H2,1H3/t25-/m0/s1. The summed E-state index contributed by atoms with van der Waals surface area (Å²) < 4.78 is 27.6. The van der Waals surface area contributed by atoms with E-state index in [9.17, 15) is 8.42 Å². The van der Waals surface area contributed by atoms with Gasteiger partial charge in [0, 0.05) is 13.6 Å². The highest BCUT2D eigenvalue weighted by molar-refractivity contribution is 7.89. The first-order valence-corrected chi connectivity index (χ1v) is 14.2. The van der Waals surface area contributed by atoms with Crippen molar-refractivity contribution < 1.29 is 8.42 Å². The second-order valence-electron chi connectivity index (χ2n) is 9.12. The van der Waals surface area contributed by atoms with Crippen molar-refractivity contribution in [2.45, 2.75) is 36.5 Å². The zero-order chi connectivity index (χ0) is 23.1. The lowest BCUT2D eigenvalue weighted by atomic mass is 9.89. The predicted molar refractivity (Wildman–Crippen MR) is 137 cm³/mol. The minimum atomic E-state index is -3.48. The lowest BCUT2D eigenvalue weighted by molar-refractivity contribution is 0.177. The van der Waals surface area contributed by atoms with E-state index in [1.165, 1.54) is 34.7 Å². The van der Waals surface area contributed by atoms with Crippen LogP contribution in [0.5, 0.6) is 0 Å². The number of sulfonamides is 1. The van der Waals surface area contributed by atoms with Crippen LogP contribution in [0, 0.1) is 5.92 Å². The van der Waals surface area contributed by atoms with Gasteiger partial charge in [0.05, 0.1) is 4.90 Å². The van der Waals surface area contributed by atoms with Gasteiger partial charge >= 0.3 is 0 Å². The van der Waals surface area contributed by atoms with E-state index in [1.807, 2.05) is 6.07 Å². The molecule has 6 heteroatoms. The molecule has 1 aliphatic rings. The molecule has 2 heterocycles. The largest absolute Gasteiger partial charge is 0.303 e. The normalized spacial score (nSPS) is 16.8. The number of hydrogen-bond acceptors (Lipinski definition) is 4. The second-order valence-corrected chi connectivity index (χ2v) is 11.9. The molecule has 0 unspecified atom stereocenters. The monoisotopic (exact) mass is 482 g/mol. The summed E-state index contributed by atoms with van der Waals surface area (Å²) >= 11 is 1.68. The summed E-state index contributed by atoms with van der Waals surface area (Å²) in [5.41, 5.74) is 2.69. The lowest BCUT2D eigenvalue weighted by Crippen LogP contribution is -2.37. The summed E-state index contributed by atoms with van der Waals surface area (Å²) in [5.74, 6) is 0.959. The van der Waals surface area contributed by atoms with Crippen LogP contribution in [0.1, 0.15) is 36.3 Å². The topological polar surface area (TPSA) is 40.6 Å². The maximum atomic E-state index is 13.0. The van der Waals surface area contributed by atoms with Gasteiger partial charge in [-0.15, -0.1) is 0 Å². The van der Waals surface area contributed by atoms with Crippen LogP contribution < -0.4 is 0 Å². The molecule has 1 atom stereocenters. The number of likely N-dealkylation sites (N-methyl/N-ethyl adjacent to an activating group) is 1. The van der Waals surface area contributed by atoms with Gasteiger partial charge in [0.15, 0.2) is 0 Å². The van der Waals surface area contributed by atoms with Gasteiger partial charge in [-0.1, -0.05) is 48.5 Å². The fraction of sp³-hybridized carbons (Fsp3) is 0.407. The first kappa shape index (κ1) is 24.1. The van der Waals surface area contributed by atoms with E-state index in [-0.39, 0.29) is 5.92 Å². The van der Waals surface area contributed by atoms with Gasteiger partial charge in [-0.05, 0) is 97.2 Å². The third-order valence-electron chi connectivity index (χ3n) is 6.81. The summed E-state index contributed by atoms with van der Waals surface area (Å²) in [4.78, 5) is 2.92. The summed E-state index contributed by atoms with van der Waals surface area (Å²) in [5, 5.41) is 4.25. The fourth-order valence-electron chi connectivity index (χ4n) is 4.75. The average Bonchev–Trinajstić information content (AvgIpc) is 3.39. The molecule has 2 aromatic carbocycles. The number of benzene rings is 2. The molecule has 176 valence electrons. The van der Waals surface area contributed by atoms with Gasteiger partial charge < -0.3 is 4.90 Å². The van der Waals surface area contributed by atoms with E-state index in [0.717, 1.165) is 32.0 Å². The Morgan fingerprint density at radius 2 is 1.67 bits per heavy atom. The summed E-state index contributed by atoms with van der Waals surface area (Å²) in [6, 6.07) is 21.7. The number of hydrogen-bond donors (Lipinski definition) is 0. The van der Waals surface area contributed by atoms with Crippen LogP contribution in [0.3, 0.4) is 0 Å². The lowest BCUT2D eigenvalue weighted by Gasteiger charge is -2.33. The molecule has 4 nitrogen and oxygen atoms in total. The number of nitrogens with zero attached hydrogens (tertiary/aromatic N) is 2. The second kappa shape index (κ2) is 11.4. The zero-order valence-corrected chi connectivity index (χ0v) is 21.0. The summed E-state index contributed by atoms with van der Waals surface area (Å²) in [7, 11) is -1.78. The van der Waals surface area contributed by atoms with Gasteiger partial charge in [-0.3, -0.25) is 0 Å². The molecular weight excluding hydrogens is 448 g/mol.